The van der Waals surface area contributed by atoms with E-state index in [1.807, 2.05) is 24.3 Å². The van der Waals surface area contributed by atoms with E-state index >= 15 is 0 Å². The summed E-state index contributed by atoms with van der Waals surface area (Å²) in [6.07, 6.45) is 2.02. The molecule has 4 rings (SSSR count). The van der Waals surface area contributed by atoms with E-state index in [9.17, 15) is 4.79 Å². The molecule has 134 valence electrons. The van der Waals surface area contributed by atoms with E-state index < -0.39 is 0 Å². The molecular formula is C21H23N3OS. The van der Waals surface area contributed by atoms with Crippen molar-refractivity contribution in [1.29, 1.82) is 0 Å². The average Bonchev–Trinajstić information content (AvgIpc) is 3.30. The molecule has 3 aromatic rings. The Labute approximate surface area is 157 Å². The van der Waals surface area contributed by atoms with Gasteiger partial charge in [-0.25, -0.2) is 4.98 Å². The maximum atomic E-state index is 12.0. The Kier molecular flexibility index (Phi) is 4.41. The lowest BCUT2D eigenvalue weighted by Crippen LogP contribution is -2.13. The number of aryl methyl sites for hydroxylation is 1. The molecular weight excluding hydrogens is 342 g/mol. The number of anilines is 1. The van der Waals surface area contributed by atoms with Gasteiger partial charge < -0.3 is 9.88 Å². The zero-order valence-corrected chi connectivity index (χ0v) is 16.2. The Balaban J connectivity index is 1.61. The monoisotopic (exact) mass is 365 g/mol. The number of hydrogen-bond acceptors (Lipinski definition) is 3. The fraction of sp³-hybridized carbons (Fsp3) is 0.333. The largest absolute Gasteiger partial charge is 0.349 e. The fourth-order valence-electron chi connectivity index (χ4n) is 3.40. The van der Waals surface area contributed by atoms with Gasteiger partial charge in [0, 0.05) is 46.0 Å². The lowest BCUT2D eigenvalue weighted by atomic mass is 10.2. The van der Waals surface area contributed by atoms with Crippen molar-refractivity contribution in [1.82, 2.24) is 9.55 Å². The lowest BCUT2D eigenvalue weighted by molar-refractivity contribution is -0.117. The van der Waals surface area contributed by atoms with Crippen molar-refractivity contribution >= 4 is 22.9 Å². The molecule has 26 heavy (non-hydrogen) atoms. The van der Waals surface area contributed by atoms with Gasteiger partial charge in [-0.2, -0.15) is 0 Å². The maximum absolute atomic E-state index is 12.0. The van der Waals surface area contributed by atoms with Crippen LogP contribution in [0.15, 0.2) is 35.7 Å². The molecule has 1 N–H and O–H groups in total. The van der Waals surface area contributed by atoms with Crippen LogP contribution in [0.2, 0.25) is 0 Å². The summed E-state index contributed by atoms with van der Waals surface area (Å²) in [5.41, 5.74) is 6.63. The number of carbonyl (C=O) groups excluding carboxylic acids is 1. The third-order valence-electron chi connectivity index (χ3n) is 5.00. The van der Waals surface area contributed by atoms with Gasteiger partial charge in [0.15, 0.2) is 0 Å². The highest BCUT2D eigenvalue weighted by molar-refractivity contribution is 7.13. The smallest absolute Gasteiger partial charge is 0.227 e. The molecule has 1 aliphatic carbocycles. The Morgan fingerprint density at radius 2 is 2.12 bits per heavy atom. The van der Waals surface area contributed by atoms with E-state index in [2.05, 4.69) is 42.1 Å². The third kappa shape index (κ3) is 3.19. The number of nitrogens with one attached hydrogen (secondary N) is 1. The van der Waals surface area contributed by atoms with Gasteiger partial charge in [0.1, 0.15) is 5.01 Å². The van der Waals surface area contributed by atoms with E-state index in [0.29, 0.717) is 0 Å². The number of hydrogen-bond donors (Lipinski definition) is 1. The van der Waals surface area contributed by atoms with Crippen molar-refractivity contribution < 1.29 is 4.79 Å². The van der Waals surface area contributed by atoms with Gasteiger partial charge >= 0.3 is 0 Å². The van der Waals surface area contributed by atoms with Gasteiger partial charge in [-0.1, -0.05) is 12.1 Å². The molecule has 1 saturated carbocycles. The topological polar surface area (TPSA) is 46.9 Å². The van der Waals surface area contributed by atoms with Crippen molar-refractivity contribution in [3.05, 3.63) is 47.1 Å². The molecule has 1 aliphatic rings. The predicted molar refractivity (Wildman–Crippen MR) is 107 cm³/mol. The first-order chi connectivity index (χ1) is 12.6. The van der Waals surface area contributed by atoms with E-state index in [-0.39, 0.29) is 11.8 Å². The summed E-state index contributed by atoms with van der Waals surface area (Å²) in [6.45, 7) is 7.42. The van der Waals surface area contributed by atoms with Crippen molar-refractivity contribution in [3.63, 3.8) is 0 Å². The second-order valence-electron chi connectivity index (χ2n) is 6.91. The van der Waals surface area contributed by atoms with Gasteiger partial charge in [0.25, 0.3) is 0 Å². The molecule has 5 heteroatoms. The zero-order chi connectivity index (χ0) is 18.3. The number of amides is 1. The summed E-state index contributed by atoms with van der Waals surface area (Å²) in [7, 11) is 0. The highest BCUT2D eigenvalue weighted by Crippen LogP contribution is 2.34. The molecule has 0 spiro atoms. The molecule has 1 amide bonds. The Morgan fingerprint density at radius 1 is 1.31 bits per heavy atom. The summed E-state index contributed by atoms with van der Waals surface area (Å²) < 4.78 is 2.31. The van der Waals surface area contributed by atoms with Gasteiger partial charge in [-0.05, 0) is 51.8 Å². The molecule has 2 aromatic heterocycles. The molecule has 0 bridgehead atoms. The first kappa shape index (κ1) is 17.0. The highest BCUT2D eigenvalue weighted by Gasteiger charge is 2.29. The van der Waals surface area contributed by atoms with E-state index in [1.54, 1.807) is 11.3 Å². The molecule has 1 aromatic carbocycles. The fourth-order valence-corrected chi connectivity index (χ4v) is 4.21. The minimum absolute atomic E-state index is 0.133. The quantitative estimate of drug-likeness (QED) is 0.670. The van der Waals surface area contributed by atoms with Crippen LogP contribution < -0.4 is 5.32 Å². The SMILES string of the molecule is CCn1c(C)cc(-c2csc(-c3cccc(NC(=O)C4CC4)c3)n2)c1C. The van der Waals surface area contributed by atoms with Crippen LogP contribution in [-0.2, 0) is 11.3 Å². The van der Waals surface area contributed by atoms with Crippen molar-refractivity contribution in [2.75, 3.05) is 5.32 Å². The standard InChI is InChI=1S/C21H23N3OS/c1-4-24-13(2)10-18(14(24)3)19-12-26-21(23-19)16-6-5-7-17(11-16)22-20(25)15-8-9-15/h5-7,10-12,15H,4,8-9H2,1-3H3,(H,22,25). The summed E-state index contributed by atoms with van der Waals surface area (Å²) in [5, 5.41) is 6.11. The molecule has 2 heterocycles. The summed E-state index contributed by atoms with van der Waals surface area (Å²) in [4.78, 5) is 16.8. The Morgan fingerprint density at radius 3 is 2.81 bits per heavy atom. The minimum atomic E-state index is 0.133. The summed E-state index contributed by atoms with van der Waals surface area (Å²) >= 11 is 1.64. The van der Waals surface area contributed by atoms with Crippen LogP contribution in [0.25, 0.3) is 21.8 Å². The van der Waals surface area contributed by atoms with E-state index in [0.717, 1.165) is 41.3 Å². The number of benzene rings is 1. The lowest BCUT2D eigenvalue weighted by Gasteiger charge is -2.06. The van der Waals surface area contributed by atoms with Gasteiger partial charge in [0.2, 0.25) is 5.91 Å². The molecule has 0 radical (unpaired) electrons. The number of thiazole rings is 1. The summed E-state index contributed by atoms with van der Waals surface area (Å²) in [6, 6.07) is 10.2. The minimum Gasteiger partial charge on any atom is -0.349 e. The van der Waals surface area contributed by atoms with Crippen molar-refractivity contribution in [2.24, 2.45) is 5.92 Å². The maximum Gasteiger partial charge on any atom is 0.227 e. The normalized spacial score (nSPS) is 13.8. The van der Waals surface area contributed by atoms with Crippen LogP contribution in [-0.4, -0.2) is 15.5 Å². The molecule has 4 nitrogen and oxygen atoms in total. The van der Waals surface area contributed by atoms with E-state index in [1.165, 1.54) is 17.0 Å². The first-order valence-electron chi connectivity index (χ1n) is 9.10. The molecule has 0 saturated heterocycles. The van der Waals surface area contributed by atoms with Crippen LogP contribution in [0.3, 0.4) is 0 Å². The van der Waals surface area contributed by atoms with Crippen molar-refractivity contribution in [2.45, 2.75) is 40.2 Å². The summed E-state index contributed by atoms with van der Waals surface area (Å²) in [5.74, 6) is 0.341. The average molecular weight is 366 g/mol. The van der Waals surface area contributed by atoms with Crippen LogP contribution in [0.5, 0.6) is 0 Å². The number of carbonyl (C=O) groups is 1. The molecule has 0 atom stereocenters. The van der Waals surface area contributed by atoms with Crippen LogP contribution in [0.4, 0.5) is 5.69 Å². The second kappa shape index (κ2) is 6.72. The highest BCUT2D eigenvalue weighted by atomic mass is 32.1. The van der Waals surface area contributed by atoms with Crippen LogP contribution >= 0.6 is 11.3 Å². The molecule has 1 fully saturated rings. The molecule has 0 aliphatic heterocycles. The zero-order valence-electron chi connectivity index (χ0n) is 15.4. The van der Waals surface area contributed by atoms with Gasteiger partial charge in [0.05, 0.1) is 5.69 Å². The third-order valence-corrected chi connectivity index (χ3v) is 5.89. The first-order valence-corrected chi connectivity index (χ1v) is 9.98. The number of aromatic nitrogens is 2. The Hall–Kier alpha value is -2.40. The van der Waals surface area contributed by atoms with Gasteiger partial charge in [-0.3, -0.25) is 4.79 Å². The van der Waals surface area contributed by atoms with Crippen LogP contribution in [0.1, 0.15) is 31.2 Å². The number of rotatable bonds is 5. The second-order valence-corrected chi connectivity index (χ2v) is 7.77. The van der Waals surface area contributed by atoms with Crippen molar-refractivity contribution in [3.8, 4) is 21.8 Å². The molecule has 0 unspecified atom stereocenters. The van der Waals surface area contributed by atoms with Crippen LogP contribution in [0, 0.1) is 19.8 Å². The Bertz CT molecular complexity index is 966. The van der Waals surface area contributed by atoms with Gasteiger partial charge in [-0.15, -0.1) is 11.3 Å². The number of nitrogens with zero attached hydrogens (tertiary/aromatic N) is 2. The van der Waals surface area contributed by atoms with E-state index in [4.69, 9.17) is 4.98 Å². The predicted octanol–water partition coefficient (Wildman–Crippen LogP) is 5.26.